The standard InChI is InChI=1S/C25H23N3O3/c1-16-8-7-9-17(2)24(16)27-22(29)14-26-23(30)15-28-20-12-5-3-10-18(20)25(31)19-11-4-6-13-21(19)28/h3-13H,14-15H2,1-2H3,(H,26,30)(H,27,29). The second-order valence-corrected chi connectivity index (χ2v) is 7.54. The Morgan fingerprint density at radius 3 is 1.90 bits per heavy atom. The van der Waals surface area contributed by atoms with Gasteiger partial charge in [-0.1, -0.05) is 42.5 Å². The van der Waals surface area contributed by atoms with Crippen LogP contribution in [0.4, 0.5) is 5.69 Å². The third-order valence-electron chi connectivity index (χ3n) is 5.37. The number of benzene rings is 3. The van der Waals surface area contributed by atoms with Crippen molar-refractivity contribution in [3.05, 3.63) is 88.1 Å². The summed E-state index contributed by atoms with van der Waals surface area (Å²) in [4.78, 5) is 37.9. The molecule has 0 atom stereocenters. The van der Waals surface area contributed by atoms with E-state index in [1.54, 1.807) is 24.3 Å². The number of pyridine rings is 1. The van der Waals surface area contributed by atoms with Crippen molar-refractivity contribution in [2.45, 2.75) is 20.4 Å². The molecule has 2 N–H and O–H groups in total. The Morgan fingerprint density at radius 1 is 0.774 bits per heavy atom. The predicted molar refractivity (Wildman–Crippen MR) is 123 cm³/mol. The molecule has 6 heteroatoms. The van der Waals surface area contributed by atoms with Gasteiger partial charge >= 0.3 is 0 Å². The molecule has 0 aliphatic carbocycles. The number of carbonyl (C=O) groups is 2. The number of anilines is 1. The first-order valence-electron chi connectivity index (χ1n) is 10.1. The molecule has 0 aliphatic rings. The van der Waals surface area contributed by atoms with Gasteiger partial charge in [0.25, 0.3) is 0 Å². The second-order valence-electron chi connectivity index (χ2n) is 7.54. The normalized spacial score (nSPS) is 10.9. The van der Waals surface area contributed by atoms with Gasteiger partial charge in [-0.15, -0.1) is 0 Å². The van der Waals surface area contributed by atoms with Gasteiger partial charge in [-0.25, -0.2) is 0 Å². The van der Waals surface area contributed by atoms with Gasteiger partial charge in [0.2, 0.25) is 11.8 Å². The molecule has 0 fully saturated rings. The van der Waals surface area contributed by atoms with Crippen LogP contribution in [0.25, 0.3) is 21.8 Å². The molecule has 4 rings (SSSR count). The van der Waals surface area contributed by atoms with E-state index in [1.807, 2.05) is 60.9 Å². The summed E-state index contributed by atoms with van der Waals surface area (Å²) >= 11 is 0. The molecular weight excluding hydrogens is 390 g/mol. The lowest BCUT2D eigenvalue weighted by molar-refractivity contribution is -0.124. The van der Waals surface area contributed by atoms with Crippen LogP contribution in [0.1, 0.15) is 11.1 Å². The molecular formula is C25H23N3O3. The van der Waals surface area contributed by atoms with Crippen LogP contribution in [0.3, 0.4) is 0 Å². The van der Waals surface area contributed by atoms with Crippen LogP contribution in [0.15, 0.2) is 71.5 Å². The maximum absolute atomic E-state index is 12.8. The molecule has 0 radical (unpaired) electrons. The molecule has 0 bridgehead atoms. The molecule has 0 spiro atoms. The zero-order chi connectivity index (χ0) is 22.0. The molecule has 1 aromatic heterocycles. The summed E-state index contributed by atoms with van der Waals surface area (Å²) < 4.78 is 1.81. The fourth-order valence-corrected chi connectivity index (χ4v) is 3.82. The summed E-state index contributed by atoms with van der Waals surface area (Å²) in [5, 5.41) is 6.66. The molecule has 4 aromatic rings. The van der Waals surface area contributed by atoms with Crippen LogP contribution in [-0.2, 0) is 16.1 Å². The first-order valence-corrected chi connectivity index (χ1v) is 10.1. The molecule has 31 heavy (non-hydrogen) atoms. The van der Waals surface area contributed by atoms with E-state index in [0.29, 0.717) is 21.8 Å². The van der Waals surface area contributed by atoms with Crippen LogP contribution < -0.4 is 16.1 Å². The lowest BCUT2D eigenvalue weighted by atomic mass is 10.1. The smallest absolute Gasteiger partial charge is 0.243 e. The van der Waals surface area contributed by atoms with Crippen molar-refractivity contribution in [3.63, 3.8) is 0 Å². The molecule has 0 saturated heterocycles. The number of amides is 2. The summed E-state index contributed by atoms with van der Waals surface area (Å²) in [5.74, 6) is -0.601. The summed E-state index contributed by atoms with van der Waals surface area (Å²) in [6.45, 7) is 3.71. The number of hydrogen-bond donors (Lipinski definition) is 2. The topological polar surface area (TPSA) is 80.2 Å². The fourth-order valence-electron chi connectivity index (χ4n) is 3.82. The molecule has 0 aliphatic heterocycles. The van der Waals surface area contributed by atoms with Gasteiger partial charge in [0.05, 0.1) is 17.6 Å². The van der Waals surface area contributed by atoms with Crippen molar-refractivity contribution >= 4 is 39.3 Å². The monoisotopic (exact) mass is 413 g/mol. The Labute approximate surface area is 179 Å². The van der Waals surface area contributed by atoms with Gasteiger partial charge in [0.15, 0.2) is 5.43 Å². The predicted octanol–water partition coefficient (Wildman–Crippen LogP) is 3.53. The summed E-state index contributed by atoms with van der Waals surface area (Å²) in [6.07, 6.45) is 0. The largest absolute Gasteiger partial charge is 0.345 e. The van der Waals surface area contributed by atoms with Crippen molar-refractivity contribution in [1.82, 2.24) is 9.88 Å². The van der Waals surface area contributed by atoms with Gasteiger partial charge in [-0.3, -0.25) is 14.4 Å². The number of aromatic nitrogens is 1. The van der Waals surface area contributed by atoms with E-state index in [9.17, 15) is 14.4 Å². The zero-order valence-corrected chi connectivity index (χ0v) is 17.4. The number of carbonyl (C=O) groups excluding carboxylic acids is 2. The highest BCUT2D eigenvalue weighted by Gasteiger charge is 2.14. The molecule has 0 saturated carbocycles. The van der Waals surface area contributed by atoms with Crippen LogP contribution in [0.2, 0.25) is 0 Å². The summed E-state index contributed by atoms with van der Waals surface area (Å²) in [7, 11) is 0. The van der Waals surface area contributed by atoms with Gasteiger partial charge in [0.1, 0.15) is 6.54 Å². The average molecular weight is 413 g/mol. The van der Waals surface area contributed by atoms with E-state index < -0.39 is 0 Å². The number of nitrogens with zero attached hydrogens (tertiary/aromatic N) is 1. The third-order valence-corrected chi connectivity index (χ3v) is 5.37. The van der Waals surface area contributed by atoms with Crippen LogP contribution in [0, 0.1) is 13.8 Å². The highest BCUT2D eigenvalue weighted by Crippen LogP contribution is 2.20. The molecule has 2 amide bonds. The zero-order valence-electron chi connectivity index (χ0n) is 17.4. The Morgan fingerprint density at radius 2 is 1.32 bits per heavy atom. The van der Waals surface area contributed by atoms with Gasteiger partial charge in [0, 0.05) is 16.5 Å². The molecule has 6 nitrogen and oxygen atoms in total. The Hall–Kier alpha value is -3.93. The third kappa shape index (κ3) is 4.05. The first kappa shape index (κ1) is 20.3. The highest BCUT2D eigenvalue weighted by atomic mass is 16.2. The number of fused-ring (bicyclic) bond motifs is 2. The fraction of sp³-hybridized carbons (Fsp3) is 0.160. The van der Waals surface area contributed by atoms with Crippen molar-refractivity contribution in [2.24, 2.45) is 0 Å². The van der Waals surface area contributed by atoms with E-state index in [0.717, 1.165) is 16.8 Å². The number of rotatable bonds is 5. The lowest BCUT2D eigenvalue weighted by Crippen LogP contribution is -2.35. The highest BCUT2D eigenvalue weighted by molar-refractivity contribution is 5.97. The van der Waals surface area contributed by atoms with E-state index >= 15 is 0 Å². The van der Waals surface area contributed by atoms with Crippen LogP contribution >= 0.6 is 0 Å². The molecule has 1 heterocycles. The lowest BCUT2D eigenvalue weighted by Gasteiger charge is -2.15. The first-order chi connectivity index (χ1) is 15.0. The van der Waals surface area contributed by atoms with Crippen molar-refractivity contribution in [3.8, 4) is 0 Å². The minimum Gasteiger partial charge on any atom is -0.345 e. The van der Waals surface area contributed by atoms with Crippen LogP contribution in [-0.4, -0.2) is 22.9 Å². The molecule has 3 aromatic carbocycles. The van der Waals surface area contributed by atoms with Gasteiger partial charge in [-0.2, -0.15) is 0 Å². The Balaban J connectivity index is 1.54. The quantitative estimate of drug-likeness (QED) is 0.491. The van der Waals surface area contributed by atoms with Gasteiger partial charge in [-0.05, 0) is 49.2 Å². The average Bonchev–Trinajstić information content (AvgIpc) is 2.78. The van der Waals surface area contributed by atoms with Crippen LogP contribution in [0.5, 0.6) is 0 Å². The summed E-state index contributed by atoms with van der Waals surface area (Å²) in [6, 6.07) is 20.2. The Kier molecular flexibility index (Phi) is 5.54. The van der Waals surface area contributed by atoms with E-state index in [-0.39, 0.29) is 30.3 Å². The maximum Gasteiger partial charge on any atom is 0.243 e. The number of aryl methyl sites for hydroxylation is 2. The Bertz CT molecular complexity index is 1290. The van der Waals surface area contributed by atoms with Crippen molar-refractivity contribution < 1.29 is 9.59 Å². The molecule has 0 unspecified atom stereocenters. The number of para-hydroxylation sites is 3. The summed E-state index contributed by atoms with van der Waals surface area (Å²) in [5.41, 5.74) is 3.99. The second kappa shape index (κ2) is 8.44. The van der Waals surface area contributed by atoms with Gasteiger partial charge < -0.3 is 15.2 Å². The van der Waals surface area contributed by atoms with E-state index in [2.05, 4.69) is 10.6 Å². The number of hydrogen-bond acceptors (Lipinski definition) is 3. The number of nitrogens with one attached hydrogen (secondary N) is 2. The minimum absolute atomic E-state index is 0.00200. The van der Waals surface area contributed by atoms with E-state index in [1.165, 1.54) is 0 Å². The van der Waals surface area contributed by atoms with Crippen molar-refractivity contribution in [1.29, 1.82) is 0 Å². The SMILES string of the molecule is Cc1cccc(C)c1NC(=O)CNC(=O)Cn1c2ccccc2c(=O)c2ccccc21. The van der Waals surface area contributed by atoms with Crippen molar-refractivity contribution in [2.75, 3.05) is 11.9 Å². The molecule has 156 valence electrons. The minimum atomic E-state index is -0.310. The maximum atomic E-state index is 12.8. The van der Waals surface area contributed by atoms with E-state index in [4.69, 9.17) is 0 Å².